The van der Waals surface area contributed by atoms with Crippen LogP contribution in [0.4, 0.5) is 5.82 Å². The second-order valence-corrected chi connectivity index (χ2v) is 5.67. The standard InChI is InChI=1S/C19H21N3O2/c1-2-11-20-19(23)15-8-9-17(21-13-15)22-16-10-12-24-18(16)14-6-4-3-5-7-14/h2-9,13,16,18H,1,10-12H2,(H,20,23)(H,21,22). The maximum absolute atomic E-state index is 11.9. The predicted octanol–water partition coefficient (Wildman–Crippen LogP) is 2.94. The van der Waals surface area contributed by atoms with Crippen LogP contribution in [0.5, 0.6) is 0 Å². The van der Waals surface area contributed by atoms with Crippen molar-refractivity contribution >= 4 is 11.7 Å². The van der Waals surface area contributed by atoms with Crippen molar-refractivity contribution in [2.24, 2.45) is 0 Å². The average Bonchev–Trinajstić information content (AvgIpc) is 3.09. The van der Waals surface area contributed by atoms with E-state index in [0.717, 1.165) is 24.4 Å². The van der Waals surface area contributed by atoms with Gasteiger partial charge in [-0.25, -0.2) is 4.98 Å². The van der Waals surface area contributed by atoms with Gasteiger partial charge in [0, 0.05) is 19.3 Å². The zero-order valence-electron chi connectivity index (χ0n) is 13.4. The molecule has 0 aliphatic carbocycles. The predicted molar refractivity (Wildman–Crippen MR) is 93.9 cm³/mol. The fraction of sp³-hybridized carbons (Fsp3) is 0.263. The number of carbonyl (C=O) groups excluding carboxylic acids is 1. The van der Waals surface area contributed by atoms with Crippen molar-refractivity contribution < 1.29 is 9.53 Å². The molecule has 1 amide bonds. The van der Waals surface area contributed by atoms with Crippen molar-refractivity contribution in [2.75, 3.05) is 18.5 Å². The van der Waals surface area contributed by atoms with E-state index >= 15 is 0 Å². The van der Waals surface area contributed by atoms with Crippen LogP contribution in [-0.2, 0) is 4.74 Å². The summed E-state index contributed by atoms with van der Waals surface area (Å²) in [6, 6.07) is 13.9. The van der Waals surface area contributed by atoms with E-state index in [2.05, 4.69) is 34.3 Å². The molecule has 24 heavy (non-hydrogen) atoms. The molecule has 1 aromatic carbocycles. The Balaban J connectivity index is 1.65. The number of benzene rings is 1. The number of hydrogen-bond donors (Lipinski definition) is 2. The molecule has 124 valence electrons. The molecule has 0 spiro atoms. The highest BCUT2D eigenvalue weighted by atomic mass is 16.5. The van der Waals surface area contributed by atoms with Gasteiger partial charge >= 0.3 is 0 Å². The fourth-order valence-corrected chi connectivity index (χ4v) is 2.78. The van der Waals surface area contributed by atoms with Gasteiger partial charge in [0.15, 0.2) is 0 Å². The summed E-state index contributed by atoms with van der Waals surface area (Å²) in [4.78, 5) is 16.2. The third-order valence-corrected chi connectivity index (χ3v) is 3.99. The summed E-state index contributed by atoms with van der Waals surface area (Å²) in [6.07, 6.45) is 4.16. The molecule has 1 aliphatic rings. The van der Waals surface area contributed by atoms with Gasteiger partial charge < -0.3 is 15.4 Å². The largest absolute Gasteiger partial charge is 0.371 e. The van der Waals surface area contributed by atoms with Gasteiger partial charge in [-0.2, -0.15) is 0 Å². The molecule has 1 aliphatic heterocycles. The molecule has 5 nitrogen and oxygen atoms in total. The zero-order chi connectivity index (χ0) is 16.8. The Kier molecular flexibility index (Phi) is 5.23. The molecule has 1 saturated heterocycles. The molecule has 3 rings (SSSR count). The summed E-state index contributed by atoms with van der Waals surface area (Å²) in [5.74, 6) is 0.590. The number of hydrogen-bond acceptors (Lipinski definition) is 4. The molecule has 1 aromatic heterocycles. The number of pyridine rings is 1. The maximum atomic E-state index is 11.9. The van der Waals surface area contributed by atoms with Gasteiger partial charge in [0.2, 0.25) is 0 Å². The molecule has 0 bridgehead atoms. The minimum absolute atomic E-state index is 0.0172. The van der Waals surface area contributed by atoms with Crippen LogP contribution in [0.25, 0.3) is 0 Å². The molecular weight excluding hydrogens is 302 g/mol. The van der Waals surface area contributed by atoms with Crippen LogP contribution in [0.1, 0.15) is 28.4 Å². The molecule has 1 fully saturated rings. The van der Waals surface area contributed by atoms with Crippen molar-refractivity contribution in [3.8, 4) is 0 Å². The Morgan fingerprint density at radius 1 is 1.29 bits per heavy atom. The minimum atomic E-state index is -0.152. The first-order chi connectivity index (χ1) is 11.8. The maximum Gasteiger partial charge on any atom is 0.253 e. The van der Waals surface area contributed by atoms with E-state index in [9.17, 15) is 4.79 Å². The first-order valence-corrected chi connectivity index (χ1v) is 8.06. The first kappa shape index (κ1) is 16.2. The van der Waals surface area contributed by atoms with Crippen LogP contribution in [0.3, 0.4) is 0 Å². The van der Waals surface area contributed by atoms with Crippen LogP contribution < -0.4 is 10.6 Å². The van der Waals surface area contributed by atoms with Crippen molar-refractivity contribution in [3.05, 3.63) is 72.4 Å². The van der Waals surface area contributed by atoms with Gasteiger partial charge in [-0.1, -0.05) is 36.4 Å². The zero-order valence-corrected chi connectivity index (χ0v) is 13.4. The van der Waals surface area contributed by atoms with Crippen LogP contribution in [0.15, 0.2) is 61.3 Å². The lowest BCUT2D eigenvalue weighted by molar-refractivity contribution is 0.0957. The van der Waals surface area contributed by atoms with E-state index in [0.29, 0.717) is 12.1 Å². The lowest BCUT2D eigenvalue weighted by Gasteiger charge is -2.20. The summed E-state index contributed by atoms with van der Waals surface area (Å²) in [5, 5.41) is 6.15. The number of amides is 1. The van der Waals surface area contributed by atoms with Gasteiger partial charge in [-0.15, -0.1) is 6.58 Å². The van der Waals surface area contributed by atoms with E-state index in [-0.39, 0.29) is 18.1 Å². The highest BCUT2D eigenvalue weighted by Crippen LogP contribution is 2.30. The van der Waals surface area contributed by atoms with Crippen LogP contribution >= 0.6 is 0 Å². The number of nitrogens with zero attached hydrogens (tertiary/aromatic N) is 1. The molecule has 2 aromatic rings. The fourth-order valence-electron chi connectivity index (χ4n) is 2.78. The van der Waals surface area contributed by atoms with Crippen LogP contribution in [0, 0.1) is 0 Å². The third-order valence-electron chi connectivity index (χ3n) is 3.99. The van der Waals surface area contributed by atoms with E-state index in [1.54, 1.807) is 18.3 Å². The molecule has 0 saturated carbocycles. The highest BCUT2D eigenvalue weighted by molar-refractivity contribution is 5.94. The molecular formula is C19H21N3O2. The lowest BCUT2D eigenvalue weighted by Crippen LogP contribution is -2.25. The number of rotatable bonds is 6. The second-order valence-electron chi connectivity index (χ2n) is 5.67. The van der Waals surface area contributed by atoms with E-state index in [1.807, 2.05) is 24.3 Å². The quantitative estimate of drug-likeness (QED) is 0.802. The summed E-state index contributed by atoms with van der Waals surface area (Å²) >= 11 is 0. The molecule has 2 unspecified atom stereocenters. The smallest absolute Gasteiger partial charge is 0.253 e. The summed E-state index contributed by atoms with van der Waals surface area (Å²) in [6.45, 7) is 4.74. The number of ether oxygens (including phenoxy) is 1. The van der Waals surface area contributed by atoms with Crippen molar-refractivity contribution in [1.29, 1.82) is 0 Å². The molecule has 2 N–H and O–H groups in total. The SMILES string of the molecule is C=CCNC(=O)c1ccc(NC2CCOC2c2ccccc2)nc1. The molecule has 5 heteroatoms. The van der Waals surface area contributed by atoms with Crippen molar-refractivity contribution in [2.45, 2.75) is 18.6 Å². The van der Waals surface area contributed by atoms with E-state index in [1.165, 1.54) is 0 Å². The number of carbonyl (C=O) groups is 1. The number of anilines is 1. The first-order valence-electron chi connectivity index (χ1n) is 8.06. The summed E-state index contributed by atoms with van der Waals surface area (Å²) < 4.78 is 5.87. The molecule has 2 atom stereocenters. The van der Waals surface area contributed by atoms with Gasteiger partial charge in [-0.05, 0) is 24.1 Å². The summed E-state index contributed by atoms with van der Waals surface area (Å²) in [7, 11) is 0. The topological polar surface area (TPSA) is 63.2 Å². The van der Waals surface area contributed by atoms with Gasteiger partial charge in [0.1, 0.15) is 11.9 Å². The van der Waals surface area contributed by atoms with E-state index in [4.69, 9.17) is 4.74 Å². The van der Waals surface area contributed by atoms with Crippen LogP contribution in [0.2, 0.25) is 0 Å². The normalized spacial score (nSPS) is 19.7. The monoisotopic (exact) mass is 323 g/mol. The van der Waals surface area contributed by atoms with Crippen LogP contribution in [-0.4, -0.2) is 30.1 Å². The Morgan fingerprint density at radius 2 is 2.12 bits per heavy atom. The van der Waals surface area contributed by atoms with Crippen molar-refractivity contribution in [3.63, 3.8) is 0 Å². The summed E-state index contributed by atoms with van der Waals surface area (Å²) in [5.41, 5.74) is 1.69. The Hall–Kier alpha value is -2.66. The molecule has 0 radical (unpaired) electrons. The van der Waals surface area contributed by atoms with Crippen molar-refractivity contribution in [1.82, 2.24) is 10.3 Å². The molecule has 2 heterocycles. The number of nitrogens with one attached hydrogen (secondary N) is 2. The Morgan fingerprint density at radius 3 is 2.83 bits per heavy atom. The average molecular weight is 323 g/mol. The van der Waals surface area contributed by atoms with E-state index < -0.39 is 0 Å². The third kappa shape index (κ3) is 3.81. The Bertz CT molecular complexity index is 686. The highest BCUT2D eigenvalue weighted by Gasteiger charge is 2.29. The van der Waals surface area contributed by atoms with Gasteiger partial charge in [0.25, 0.3) is 5.91 Å². The number of aromatic nitrogens is 1. The Labute approximate surface area is 141 Å². The minimum Gasteiger partial charge on any atom is -0.371 e. The van der Waals surface area contributed by atoms with Gasteiger partial charge in [0.05, 0.1) is 11.6 Å². The second kappa shape index (κ2) is 7.75. The van der Waals surface area contributed by atoms with Gasteiger partial charge in [-0.3, -0.25) is 4.79 Å². The lowest BCUT2D eigenvalue weighted by atomic mass is 10.0.